The molecule has 1 N–H and O–H groups in total. The van der Waals surface area contributed by atoms with Gasteiger partial charge in [-0.25, -0.2) is 0 Å². The molecule has 1 saturated heterocycles. The van der Waals surface area contributed by atoms with Crippen molar-refractivity contribution in [3.8, 4) is 0 Å². The van der Waals surface area contributed by atoms with E-state index in [-0.39, 0.29) is 5.92 Å². The molecule has 3 nitrogen and oxygen atoms in total. The summed E-state index contributed by atoms with van der Waals surface area (Å²) in [4.78, 5) is 13.1. The van der Waals surface area contributed by atoms with Gasteiger partial charge >= 0.3 is 5.97 Å². The molecule has 1 saturated carbocycles. The highest BCUT2D eigenvalue weighted by Crippen LogP contribution is 2.31. The van der Waals surface area contributed by atoms with E-state index in [9.17, 15) is 4.79 Å². The van der Waals surface area contributed by atoms with Gasteiger partial charge < -0.3 is 10.0 Å². The Hall–Kier alpha value is -0.570. The van der Waals surface area contributed by atoms with Crippen molar-refractivity contribution < 1.29 is 9.90 Å². The molecule has 1 atom stereocenters. The van der Waals surface area contributed by atoms with Crippen LogP contribution in [0.15, 0.2) is 0 Å². The van der Waals surface area contributed by atoms with Crippen LogP contribution in [0.2, 0.25) is 0 Å². The Morgan fingerprint density at radius 2 is 2.15 bits per heavy atom. The third-order valence-electron chi connectivity index (χ3n) is 3.07. The minimum Gasteiger partial charge on any atom is -0.481 e. The first-order chi connectivity index (χ1) is 6.25. The Bertz CT molecular complexity index is 201. The SMILES string of the molecule is O=C(O)[C@H]1CCCN(CC2CC2)C1. The van der Waals surface area contributed by atoms with Crippen molar-refractivity contribution in [3.63, 3.8) is 0 Å². The maximum Gasteiger partial charge on any atom is 0.307 e. The second-order valence-electron chi connectivity index (χ2n) is 4.38. The van der Waals surface area contributed by atoms with E-state index < -0.39 is 5.97 Å². The van der Waals surface area contributed by atoms with Gasteiger partial charge in [0.15, 0.2) is 0 Å². The summed E-state index contributed by atoms with van der Waals surface area (Å²) in [6.07, 6.45) is 4.64. The third kappa shape index (κ3) is 2.44. The molecule has 1 aliphatic carbocycles. The van der Waals surface area contributed by atoms with Crippen molar-refractivity contribution in [1.29, 1.82) is 0 Å². The lowest BCUT2D eigenvalue weighted by Crippen LogP contribution is -2.39. The van der Waals surface area contributed by atoms with Gasteiger partial charge in [0.1, 0.15) is 0 Å². The summed E-state index contributed by atoms with van der Waals surface area (Å²) in [6.45, 7) is 3.04. The number of rotatable bonds is 3. The van der Waals surface area contributed by atoms with Crippen LogP contribution < -0.4 is 0 Å². The van der Waals surface area contributed by atoms with Crippen LogP contribution in [0.25, 0.3) is 0 Å². The van der Waals surface area contributed by atoms with Gasteiger partial charge in [-0.1, -0.05) is 0 Å². The monoisotopic (exact) mass is 183 g/mol. The summed E-state index contributed by atoms with van der Waals surface area (Å²) in [5, 5.41) is 8.88. The number of hydrogen-bond acceptors (Lipinski definition) is 2. The topological polar surface area (TPSA) is 40.5 Å². The predicted octanol–water partition coefficient (Wildman–Crippen LogP) is 1.19. The Labute approximate surface area is 78.7 Å². The summed E-state index contributed by atoms with van der Waals surface area (Å²) in [5.41, 5.74) is 0. The molecular formula is C10H17NO2. The zero-order valence-corrected chi connectivity index (χ0v) is 7.91. The van der Waals surface area contributed by atoms with Gasteiger partial charge in [0, 0.05) is 13.1 Å². The third-order valence-corrected chi connectivity index (χ3v) is 3.07. The number of nitrogens with zero attached hydrogens (tertiary/aromatic N) is 1. The van der Waals surface area contributed by atoms with Gasteiger partial charge in [0.05, 0.1) is 5.92 Å². The maximum atomic E-state index is 10.8. The first-order valence-electron chi connectivity index (χ1n) is 5.21. The fraction of sp³-hybridized carbons (Fsp3) is 0.900. The average Bonchev–Trinajstić information content (AvgIpc) is 2.89. The van der Waals surface area contributed by atoms with Gasteiger partial charge in [0.25, 0.3) is 0 Å². The largest absolute Gasteiger partial charge is 0.481 e. The molecule has 1 aliphatic heterocycles. The summed E-state index contributed by atoms with van der Waals surface area (Å²) in [7, 11) is 0. The van der Waals surface area contributed by atoms with Crippen molar-refractivity contribution >= 4 is 5.97 Å². The molecule has 2 rings (SSSR count). The van der Waals surface area contributed by atoms with Crippen LogP contribution in [0.3, 0.4) is 0 Å². The van der Waals surface area contributed by atoms with Crippen LogP contribution in [0, 0.1) is 11.8 Å². The molecule has 0 aromatic rings. The minimum absolute atomic E-state index is 0.104. The Kier molecular flexibility index (Phi) is 2.54. The van der Waals surface area contributed by atoms with Crippen LogP contribution in [0.4, 0.5) is 0 Å². The van der Waals surface area contributed by atoms with E-state index in [4.69, 9.17) is 5.11 Å². The molecular weight excluding hydrogens is 166 g/mol. The summed E-state index contributed by atoms with van der Waals surface area (Å²) >= 11 is 0. The zero-order valence-electron chi connectivity index (χ0n) is 7.91. The molecule has 0 radical (unpaired) electrons. The summed E-state index contributed by atoms with van der Waals surface area (Å²) < 4.78 is 0. The number of carboxylic acid groups (broad SMARTS) is 1. The predicted molar refractivity (Wildman–Crippen MR) is 49.5 cm³/mol. The highest BCUT2D eigenvalue weighted by molar-refractivity contribution is 5.70. The molecule has 0 bridgehead atoms. The lowest BCUT2D eigenvalue weighted by molar-refractivity contribution is -0.143. The van der Waals surface area contributed by atoms with Crippen molar-refractivity contribution in [1.82, 2.24) is 4.90 Å². The molecule has 0 aromatic carbocycles. The second kappa shape index (κ2) is 3.66. The van der Waals surface area contributed by atoms with Crippen molar-refractivity contribution in [2.24, 2.45) is 11.8 Å². The first-order valence-corrected chi connectivity index (χ1v) is 5.21. The van der Waals surface area contributed by atoms with Crippen LogP contribution in [0.5, 0.6) is 0 Å². The smallest absolute Gasteiger partial charge is 0.307 e. The fourth-order valence-electron chi connectivity index (χ4n) is 2.09. The number of likely N-dealkylation sites (tertiary alicyclic amines) is 1. The molecule has 0 amide bonds. The molecule has 0 unspecified atom stereocenters. The van der Waals surface area contributed by atoms with Crippen LogP contribution in [-0.4, -0.2) is 35.6 Å². The van der Waals surface area contributed by atoms with Crippen molar-refractivity contribution in [2.45, 2.75) is 25.7 Å². The quantitative estimate of drug-likeness (QED) is 0.714. The number of aliphatic carboxylic acids is 1. The summed E-state index contributed by atoms with van der Waals surface area (Å²) in [5.74, 6) is 0.167. The number of piperidine rings is 1. The number of hydrogen-bond donors (Lipinski definition) is 1. The molecule has 0 spiro atoms. The first kappa shape index (κ1) is 9.00. The standard InChI is InChI=1S/C10H17NO2/c12-10(13)9-2-1-5-11(7-9)6-8-3-4-8/h8-9H,1-7H2,(H,12,13)/t9-/m0/s1. The van der Waals surface area contributed by atoms with Gasteiger partial charge in [0.2, 0.25) is 0 Å². The maximum absolute atomic E-state index is 10.8. The lowest BCUT2D eigenvalue weighted by atomic mass is 9.98. The lowest BCUT2D eigenvalue weighted by Gasteiger charge is -2.30. The molecule has 74 valence electrons. The van der Waals surface area contributed by atoms with Crippen LogP contribution >= 0.6 is 0 Å². The Morgan fingerprint density at radius 1 is 1.38 bits per heavy atom. The van der Waals surface area contributed by atoms with Gasteiger partial charge in [-0.3, -0.25) is 4.79 Å². The van der Waals surface area contributed by atoms with E-state index in [0.29, 0.717) is 0 Å². The zero-order chi connectivity index (χ0) is 9.26. The van der Waals surface area contributed by atoms with E-state index in [2.05, 4.69) is 4.90 Å². The normalized spacial score (nSPS) is 30.3. The van der Waals surface area contributed by atoms with Gasteiger partial charge in [-0.05, 0) is 38.1 Å². The molecule has 3 heteroatoms. The van der Waals surface area contributed by atoms with E-state index in [0.717, 1.165) is 38.4 Å². The molecule has 1 heterocycles. The Balaban J connectivity index is 1.80. The van der Waals surface area contributed by atoms with Gasteiger partial charge in [-0.15, -0.1) is 0 Å². The van der Waals surface area contributed by atoms with Crippen molar-refractivity contribution in [2.75, 3.05) is 19.6 Å². The molecule has 2 aliphatic rings. The Morgan fingerprint density at radius 3 is 2.77 bits per heavy atom. The molecule has 0 aromatic heterocycles. The highest BCUT2D eigenvalue weighted by atomic mass is 16.4. The van der Waals surface area contributed by atoms with E-state index in [1.807, 2.05) is 0 Å². The van der Waals surface area contributed by atoms with Gasteiger partial charge in [-0.2, -0.15) is 0 Å². The number of carboxylic acids is 1. The minimum atomic E-state index is -0.611. The van der Waals surface area contributed by atoms with E-state index in [1.165, 1.54) is 12.8 Å². The highest BCUT2D eigenvalue weighted by Gasteiger charge is 2.29. The van der Waals surface area contributed by atoms with E-state index >= 15 is 0 Å². The fourth-order valence-corrected chi connectivity index (χ4v) is 2.09. The second-order valence-corrected chi connectivity index (χ2v) is 4.38. The van der Waals surface area contributed by atoms with Crippen LogP contribution in [0.1, 0.15) is 25.7 Å². The summed E-state index contributed by atoms with van der Waals surface area (Å²) in [6, 6.07) is 0. The van der Waals surface area contributed by atoms with Crippen LogP contribution in [-0.2, 0) is 4.79 Å². The van der Waals surface area contributed by atoms with Crippen molar-refractivity contribution in [3.05, 3.63) is 0 Å². The molecule has 13 heavy (non-hydrogen) atoms. The molecule has 2 fully saturated rings. The number of carbonyl (C=O) groups is 1. The van der Waals surface area contributed by atoms with E-state index in [1.54, 1.807) is 0 Å². The average molecular weight is 183 g/mol.